The van der Waals surface area contributed by atoms with Crippen LogP contribution in [0.2, 0.25) is 0 Å². The van der Waals surface area contributed by atoms with Crippen LogP contribution in [0.5, 0.6) is 0 Å². The van der Waals surface area contributed by atoms with Gasteiger partial charge in [0, 0.05) is 18.8 Å². The lowest BCUT2D eigenvalue weighted by molar-refractivity contribution is -0.135. The number of carbonyl (C=O) groups excluding carboxylic acids is 1. The summed E-state index contributed by atoms with van der Waals surface area (Å²) < 4.78 is 0. The van der Waals surface area contributed by atoms with Crippen molar-refractivity contribution in [1.82, 2.24) is 4.90 Å². The summed E-state index contributed by atoms with van der Waals surface area (Å²) >= 11 is 0. The van der Waals surface area contributed by atoms with Crippen molar-refractivity contribution in [3.05, 3.63) is 30.3 Å². The molecule has 114 valence electrons. The van der Waals surface area contributed by atoms with Crippen molar-refractivity contribution in [2.45, 2.75) is 19.4 Å². The number of carboxylic acid groups (broad SMARTS) is 1. The first-order valence-corrected chi connectivity index (χ1v) is 7.00. The molecule has 2 atom stereocenters. The zero-order valence-corrected chi connectivity index (χ0v) is 12.0. The number of rotatable bonds is 3. The Morgan fingerprint density at radius 2 is 2.00 bits per heavy atom. The van der Waals surface area contributed by atoms with E-state index in [4.69, 9.17) is 5.11 Å². The fourth-order valence-corrected chi connectivity index (χ4v) is 2.49. The molecule has 2 rings (SSSR count). The Hall–Kier alpha value is -2.08. The quantitative estimate of drug-likeness (QED) is 0.882. The number of aliphatic hydroxyl groups is 1. The molecule has 1 aliphatic heterocycles. The maximum Gasteiger partial charge on any atom is 0.325 e. The third kappa shape index (κ3) is 3.72. The molecule has 1 heterocycles. The summed E-state index contributed by atoms with van der Waals surface area (Å²) in [6.07, 6.45) is 0.112. The molecule has 6 nitrogen and oxygen atoms in total. The molecule has 6 heteroatoms. The molecule has 1 fully saturated rings. The summed E-state index contributed by atoms with van der Waals surface area (Å²) in [4.78, 5) is 26.5. The normalized spacial score (nSPS) is 21.9. The molecule has 1 aliphatic rings. The van der Waals surface area contributed by atoms with E-state index in [1.165, 1.54) is 4.90 Å². The zero-order chi connectivity index (χ0) is 15.4. The molecule has 0 aliphatic carbocycles. The second-order valence-electron chi connectivity index (χ2n) is 5.38. The SMILES string of the molecule is CC1CN(C(=O)N(CC(=O)O)c2ccccc2)CCC1O. The number of likely N-dealkylation sites (tertiary alicyclic amines) is 1. The minimum Gasteiger partial charge on any atom is -0.480 e. The molecule has 0 spiro atoms. The lowest BCUT2D eigenvalue weighted by Crippen LogP contribution is -2.51. The number of carboxylic acids is 1. The molecule has 0 saturated carbocycles. The number of anilines is 1. The first-order chi connectivity index (χ1) is 9.99. The number of aliphatic carboxylic acids is 1. The standard InChI is InChI=1S/C15H20N2O4/c1-11-9-16(8-7-13(11)18)15(21)17(10-14(19)20)12-5-3-2-4-6-12/h2-6,11,13,18H,7-10H2,1H3,(H,19,20). The van der Waals surface area contributed by atoms with E-state index >= 15 is 0 Å². The van der Waals surface area contributed by atoms with Crippen molar-refractivity contribution in [3.63, 3.8) is 0 Å². The lowest BCUT2D eigenvalue weighted by Gasteiger charge is -2.37. The Balaban J connectivity index is 2.17. The molecule has 1 saturated heterocycles. The Bertz CT molecular complexity index is 506. The number of aliphatic hydroxyl groups excluding tert-OH is 1. The van der Waals surface area contributed by atoms with Gasteiger partial charge in [0.25, 0.3) is 0 Å². The maximum atomic E-state index is 12.6. The Kier molecular flexibility index (Phi) is 4.80. The van der Waals surface area contributed by atoms with Gasteiger partial charge in [-0.2, -0.15) is 0 Å². The van der Waals surface area contributed by atoms with E-state index in [1.54, 1.807) is 29.2 Å². The number of urea groups is 1. The highest BCUT2D eigenvalue weighted by Gasteiger charge is 2.31. The van der Waals surface area contributed by atoms with Gasteiger partial charge in [0.2, 0.25) is 0 Å². The van der Waals surface area contributed by atoms with E-state index < -0.39 is 12.1 Å². The second kappa shape index (κ2) is 6.58. The molecule has 1 aromatic carbocycles. The summed E-state index contributed by atoms with van der Waals surface area (Å²) in [5.41, 5.74) is 0.559. The topological polar surface area (TPSA) is 81.1 Å². The molecular weight excluding hydrogens is 272 g/mol. The van der Waals surface area contributed by atoms with Gasteiger partial charge in [-0.1, -0.05) is 25.1 Å². The summed E-state index contributed by atoms with van der Waals surface area (Å²) in [6, 6.07) is 8.43. The summed E-state index contributed by atoms with van der Waals surface area (Å²) in [6.45, 7) is 2.38. The maximum absolute atomic E-state index is 12.6. The number of para-hydroxylation sites is 1. The van der Waals surface area contributed by atoms with Gasteiger partial charge in [-0.25, -0.2) is 4.79 Å². The Labute approximate surface area is 123 Å². The van der Waals surface area contributed by atoms with Crippen LogP contribution in [0.1, 0.15) is 13.3 Å². The molecule has 2 N–H and O–H groups in total. The highest BCUT2D eigenvalue weighted by molar-refractivity contribution is 5.96. The number of hydrogen-bond donors (Lipinski definition) is 2. The number of amides is 2. The van der Waals surface area contributed by atoms with Gasteiger partial charge >= 0.3 is 12.0 Å². The van der Waals surface area contributed by atoms with Crippen LogP contribution in [-0.4, -0.2) is 52.9 Å². The zero-order valence-electron chi connectivity index (χ0n) is 12.0. The molecule has 0 bridgehead atoms. The van der Waals surface area contributed by atoms with Crippen LogP contribution in [-0.2, 0) is 4.79 Å². The molecule has 1 aromatic rings. The van der Waals surface area contributed by atoms with Crippen LogP contribution in [0.25, 0.3) is 0 Å². The largest absolute Gasteiger partial charge is 0.480 e. The van der Waals surface area contributed by atoms with Crippen LogP contribution >= 0.6 is 0 Å². The third-order valence-corrected chi connectivity index (χ3v) is 3.72. The fraction of sp³-hybridized carbons (Fsp3) is 0.467. The Morgan fingerprint density at radius 1 is 1.33 bits per heavy atom. The molecule has 21 heavy (non-hydrogen) atoms. The second-order valence-corrected chi connectivity index (χ2v) is 5.38. The van der Waals surface area contributed by atoms with Gasteiger partial charge in [-0.3, -0.25) is 9.69 Å². The average molecular weight is 292 g/mol. The number of benzene rings is 1. The molecular formula is C15H20N2O4. The number of piperidine rings is 1. The van der Waals surface area contributed by atoms with Crippen LogP contribution in [0.3, 0.4) is 0 Å². The van der Waals surface area contributed by atoms with Gasteiger partial charge < -0.3 is 15.1 Å². The van der Waals surface area contributed by atoms with E-state index in [0.29, 0.717) is 25.2 Å². The van der Waals surface area contributed by atoms with Crippen molar-refractivity contribution < 1.29 is 19.8 Å². The van der Waals surface area contributed by atoms with Gasteiger partial charge in [-0.05, 0) is 24.5 Å². The predicted molar refractivity (Wildman–Crippen MR) is 78.2 cm³/mol. The first-order valence-electron chi connectivity index (χ1n) is 7.00. The van der Waals surface area contributed by atoms with E-state index in [9.17, 15) is 14.7 Å². The molecule has 2 amide bonds. The van der Waals surface area contributed by atoms with E-state index in [1.807, 2.05) is 13.0 Å². The van der Waals surface area contributed by atoms with Gasteiger partial charge in [-0.15, -0.1) is 0 Å². The fourth-order valence-electron chi connectivity index (χ4n) is 2.49. The van der Waals surface area contributed by atoms with Crippen molar-refractivity contribution in [3.8, 4) is 0 Å². The number of nitrogens with zero attached hydrogens (tertiary/aromatic N) is 2. The van der Waals surface area contributed by atoms with E-state index in [0.717, 1.165) is 0 Å². The van der Waals surface area contributed by atoms with Crippen molar-refractivity contribution in [1.29, 1.82) is 0 Å². The van der Waals surface area contributed by atoms with Crippen molar-refractivity contribution >= 4 is 17.7 Å². The Morgan fingerprint density at radius 3 is 2.57 bits per heavy atom. The molecule has 2 unspecified atom stereocenters. The monoisotopic (exact) mass is 292 g/mol. The van der Waals surface area contributed by atoms with Crippen LogP contribution in [0, 0.1) is 5.92 Å². The van der Waals surface area contributed by atoms with Gasteiger partial charge in [0.05, 0.1) is 6.10 Å². The summed E-state index contributed by atoms with van der Waals surface area (Å²) in [5.74, 6) is -1.07. The van der Waals surface area contributed by atoms with Crippen LogP contribution in [0.15, 0.2) is 30.3 Å². The van der Waals surface area contributed by atoms with Gasteiger partial charge in [0.15, 0.2) is 0 Å². The van der Waals surface area contributed by atoms with Crippen LogP contribution < -0.4 is 4.90 Å². The highest BCUT2D eigenvalue weighted by atomic mass is 16.4. The van der Waals surface area contributed by atoms with Crippen molar-refractivity contribution in [2.75, 3.05) is 24.5 Å². The average Bonchev–Trinajstić information content (AvgIpc) is 2.47. The molecule has 0 radical (unpaired) electrons. The summed E-state index contributed by atoms with van der Waals surface area (Å²) in [5, 5.41) is 18.8. The number of hydrogen-bond acceptors (Lipinski definition) is 3. The minimum atomic E-state index is -1.06. The highest BCUT2D eigenvalue weighted by Crippen LogP contribution is 2.21. The third-order valence-electron chi connectivity index (χ3n) is 3.72. The van der Waals surface area contributed by atoms with Crippen LogP contribution in [0.4, 0.5) is 10.5 Å². The van der Waals surface area contributed by atoms with Gasteiger partial charge in [0.1, 0.15) is 6.54 Å². The lowest BCUT2D eigenvalue weighted by atomic mass is 9.97. The van der Waals surface area contributed by atoms with E-state index in [-0.39, 0.29) is 18.5 Å². The number of carbonyl (C=O) groups is 2. The first kappa shape index (κ1) is 15.3. The molecule has 0 aromatic heterocycles. The predicted octanol–water partition coefficient (Wildman–Crippen LogP) is 1.40. The smallest absolute Gasteiger partial charge is 0.325 e. The minimum absolute atomic E-state index is 0.00912. The summed E-state index contributed by atoms with van der Waals surface area (Å²) in [7, 11) is 0. The van der Waals surface area contributed by atoms with Crippen molar-refractivity contribution in [2.24, 2.45) is 5.92 Å². The van der Waals surface area contributed by atoms with E-state index in [2.05, 4.69) is 0 Å².